The third-order valence-corrected chi connectivity index (χ3v) is 2.91. The van der Waals surface area contributed by atoms with Gasteiger partial charge in [0.1, 0.15) is 0 Å². The van der Waals surface area contributed by atoms with Gasteiger partial charge in [-0.2, -0.15) is 0 Å². The number of carbonyl (C=O) groups is 1. The van der Waals surface area contributed by atoms with Gasteiger partial charge in [0.05, 0.1) is 27.2 Å². The first kappa shape index (κ1) is 16.3. The van der Waals surface area contributed by atoms with Crippen LogP contribution in [0.25, 0.3) is 0 Å². The van der Waals surface area contributed by atoms with Crippen molar-refractivity contribution in [1.82, 2.24) is 0 Å². The van der Waals surface area contributed by atoms with Gasteiger partial charge in [-0.25, -0.2) is 0 Å². The Kier molecular flexibility index (Phi) is 5.82. The standard InChI is InChI=1S/C15H23NO4/c1-5-20-14(17)10-15(2,16)9-11-6-7-12(18-3)13(8-11)19-4/h6-8H,5,9-10,16H2,1-4H3. The average molecular weight is 281 g/mol. The minimum atomic E-state index is -0.661. The smallest absolute Gasteiger partial charge is 0.307 e. The highest BCUT2D eigenvalue weighted by molar-refractivity contribution is 5.70. The molecule has 0 aromatic heterocycles. The molecule has 0 bridgehead atoms. The van der Waals surface area contributed by atoms with Crippen molar-refractivity contribution in [2.45, 2.75) is 32.2 Å². The monoisotopic (exact) mass is 281 g/mol. The molecule has 0 fully saturated rings. The number of methoxy groups -OCH3 is 2. The van der Waals surface area contributed by atoms with Crippen LogP contribution in [0.15, 0.2) is 18.2 Å². The lowest BCUT2D eigenvalue weighted by molar-refractivity contribution is -0.144. The molecule has 1 aromatic rings. The minimum absolute atomic E-state index is 0.176. The van der Waals surface area contributed by atoms with Crippen LogP contribution < -0.4 is 15.2 Å². The van der Waals surface area contributed by atoms with E-state index in [9.17, 15) is 4.79 Å². The van der Waals surface area contributed by atoms with Crippen molar-refractivity contribution in [2.75, 3.05) is 20.8 Å². The summed E-state index contributed by atoms with van der Waals surface area (Å²) in [5.41, 5.74) is 6.49. The van der Waals surface area contributed by atoms with E-state index < -0.39 is 5.54 Å². The lowest BCUT2D eigenvalue weighted by atomic mass is 9.90. The molecule has 5 nitrogen and oxygen atoms in total. The van der Waals surface area contributed by atoms with Gasteiger partial charge in [-0.1, -0.05) is 6.07 Å². The summed E-state index contributed by atoms with van der Waals surface area (Å²) in [6.07, 6.45) is 0.724. The Morgan fingerprint density at radius 2 is 1.90 bits per heavy atom. The van der Waals surface area contributed by atoms with E-state index in [1.165, 1.54) is 0 Å². The lowest BCUT2D eigenvalue weighted by Gasteiger charge is -2.24. The van der Waals surface area contributed by atoms with Gasteiger partial charge < -0.3 is 19.9 Å². The van der Waals surface area contributed by atoms with Crippen LogP contribution in [0.5, 0.6) is 11.5 Å². The molecule has 0 amide bonds. The van der Waals surface area contributed by atoms with Gasteiger partial charge in [0.25, 0.3) is 0 Å². The van der Waals surface area contributed by atoms with Crippen molar-refractivity contribution in [2.24, 2.45) is 5.73 Å². The van der Waals surface area contributed by atoms with Crippen LogP contribution in [-0.4, -0.2) is 32.3 Å². The van der Waals surface area contributed by atoms with Crippen molar-refractivity contribution in [3.05, 3.63) is 23.8 Å². The summed E-state index contributed by atoms with van der Waals surface area (Å²) in [5, 5.41) is 0. The average Bonchev–Trinajstić information content (AvgIpc) is 2.37. The molecule has 0 saturated heterocycles. The molecule has 1 rings (SSSR count). The fourth-order valence-corrected chi connectivity index (χ4v) is 2.06. The van der Waals surface area contributed by atoms with E-state index in [-0.39, 0.29) is 12.4 Å². The molecule has 5 heteroatoms. The predicted molar refractivity (Wildman–Crippen MR) is 77.1 cm³/mol. The van der Waals surface area contributed by atoms with Gasteiger partial charge >= 0.3 is 5.97 Å². The summed E-state index contributed by atoms with van der Waals surface area (Å²) in [6.45, 7) is 3.98. The lowest BCUT2D eigenvalue weighted by Crippen LogP contribution is -2.41. The molecular weight excluding hydrogens is 258 g/mol. The molecule has 1 atom stereocenters. The van der Waals surface area contributed by atoms with Gasteiger partial charge in [-0.3, -0.25) is 4.79 Å². The summed E-state index contributed by atoms with van der Waals surface area (Å²) < 4.78 is 15.4. The fraction of sp³-hybridized carbons (Fsp3) is 0.533. The van der Waals surface area contributed by atoms with E-state index in [1.54, 1.807) is 21.1 Å². The number of hydrogen-bond donors (Lipinski definition) is 1. The molecule has 2 N–H and O–H groups in total. The molecule has 112 valence electrons. The maximum Gasteiger partial charge on any atom is 0.307 e. The summed E-state index contributed by atoms with van der Waals surface area (Å²) >= 11 is 0. The van der Waals surface area contributed by atoms with E-state index >= 15 is 0 Å². The molecule has 0 heterocycles. The summed E-state index contributed by atoms with van der Waals surface area (Å²) in [5.74, 6) is 1.04. The Morgan fingerprint density at radius 3 is 2.45 bits per heavy atom. The van der Waals surface area contributed by atoms with Crippen LogP contribution >= 0.6 is 0 Å². The fourth-order valence-electron chi connectivity index (χ4n) is 2.06. The third kappa shape index (κ3) is 4.74. The van der Waals surface area contributed by atoms with Crippen LogP contribution in [0.1, 0.15) is 25.8 Å². The maximum absolute atomic E-state index is 11.5. The maximum atomic E-state index is 11.5. The minimum Gasteiger partial charge on any atom is -0.493 e. The largest absolute Gasteiger partial charge is 0.493 e. The highest BCUT2D eigenvalue weighted by Crippen LogP contribution is 2.29. The Labute approximate surface area is 120 Å². The number of carbonyl (C=O) groups excluding carboxylic acids is 1. The second kappa shape index (κ2) is 7.14. The Morgan fingerprint density at radius 1 is 1.25 bits per heavy atom. The van der Waals surface area contributed by atoms with Crippen molar-refractivity contribution >= 4 is 5.97 Å². The highest BCUT2D eigenvalue weighted by atomic mass is 16.5. The normalized spacial score (nSPS) is 13.4. The van der Waals surface area contributed by atoms with Crippen LogP contribution in [0.2, 0.25) is 0 Å². The first-order valence-corrected chi connectivity index (χ1v) is 6.57. The van der Waals surface area contributed by atoms with E-state index in [1.807, 2.05) is 25.1 Å². The summed E-state index contributed by atoms with van der Waals surface area (Å²) in [6, 6.07) is 5.61. The zero-order valence-electron chi connectivity index (χ0n) is 12.6. The van der Waals surface area contributed by atoms with Gasteiger partial charge in [-0.05, 0) is 38.0 Å². The molecule has 0 spiro atoms. The summed E-state index contributed by atoms with van der Waals surface area (Å²) in [4.78, 5) is 11.5. The van der Waals surface area contributed by atoms with Crippen LogP contribution in [-0.2, 0) is 16.0 Å². The molecule has 0 aliphatic carbocycles. The van der Waals surface area contributed by atoms with E-state index in [0.717, 1.165) is 5.56 Å². The van der Waals surface area contributed by atoms with Crippen molar-refractivity contribution in [3.63, 3.8) is 0 Å². The van der Waals surface area contributed by atoms with Gasteiger partial charge in [0.2, 0.25) is 0 Å². The number of rotatable bonds is 7. The second-order valence-corrected chi connectivity index (χ2v) is 5.00. The zero-order chi connectivity index (χ0) is 15.2. The Bertz CT molecular complexity index is 457. The Balaban J connectivity index is 2.78. The second-order valence-electron chi connectivity index (χ2n) is 5.00. The molecule has 1 unspecified atom stereocenters. The molecule has 0 aliphatic rings. The highest BCUT2D eigenvalue weighted by Gasteiger charge is 2.24. The first-order chi connectivity index (χ1) is 9.41. The SMILES string of the molecule is CCOC(=O)CC(C)(N)Cc1ccc(OC)c(OC)c1. The van der Waals surface area contributed by atoms with E-state index in [0.29, 0.717) is 24.5 Å². The van der Waals surface area contributed by atoms with Crippen LogP contribution in [0.3, 0.4) is 0 Å². The topological polar surface area (TPSA) is 70.8 Å². The molecule has 20 heavy (non-hydrogen) atoms. The molecular formula is C15H23NO4. The zero-order valence-corrected chi connectivity index (χ0v) is 12.6. The molecule has 0 saturated carbocycles. The first-order valence-electron chi connectivity index (χ1n) is 6.57. The van der Waals surface area contributed by atoms with Crippen LogP contribution in [0.4, 0.5) is 0 Å². The predicted octanol–water partition coefficient (Wildman–Crippen LogP) is 1.92. The van der Waals surface area contributed by atoms with Gasteiger partial charge in [0, 0.05) is 5.54 Å². The number of ether oxygens (including phenoxy) is 3. The van der Waals surface area contributed by atoms with E-state index in [2.05, 4.69) is 0 Å². The summed E-state index contributed by atoms with van der Waals surface area (Å²) in [7, 11) is 3.17. The van der Waals surface area contributed by atoms with Gasteiger partial charge in [0.15, 0.2) is 11.5 Å². The number of nitrogens with two attached hydrogens (primary N) is 1. The number of benzene rings is 1. The third-order valence-electron chi connectivity index (χ3n) is 2.91. The van der Waals surface area contributed by atoms with Crippen molar-refractivity contribution in [1.29, 1.82) is 0 Å². The quantitative estimate of drug-likeness (QED) is 0.773. The number of esters is 1. The van der Waals surface area contributed by atoms with Crippen LogP contribution in [0, 0.1) is 0 Å². The number of hydrogen-bond acceptors (Lipinski definition) is 5. The molecule has 0 aliphatic heterocycles. The molecule has 1 aromatic carbocycles. The van der Waals surface area contributed by atoms with Crippen molar-refractivity contribution in [3.8, 4) is 11.5 Å². The molecule has 0 radical (unpaired) electrons. The Hall–Kier alpha value is -1.75. The van der Waals surface area contributed by atoms with E-state index in [4.69, 9.17) is 19.9 Å². The van der Waals surface area contributed by atoms with Gasteiger partial charge in [-0.15, -0.1) is 0 Å². The van der Waals surface area contributed by atoms with Crippen molar-refractivity contribution < 1.29 is 19.0 Å².